The first kappa shape index (κ1) is 15.8. The van der Waals surface area contributed by atoms with E-state index in [-0.39, 0.29) is 12.0 Å². The van der Waals surface area contributed by atoms with Gasteiger partial charge in [0.2, 0.25) is 5.91 Å². The minimum absolute atomic E-state index is 0.0156. The van der Waals surface area contributed by atoms with E-state index < -0.39 is 0 Å². The van der Waals surface area contributed by atoms with Crippen molar-refractivity contribution in [2.45, 2.75) is 38.8 Å². The number of ether oxygens (including phenoxy) is 1. The molecule has 0 aliphatic carbocycles. The number of amides is 1. The van der Waals surface area contributed by atoms with E-state index in [1.165, 1.54) is 0 Å². The number of anilines is 2. The van der Waals surface area contributed by atoms with Crippen LogP contribution in [0.15, 0.2) is 24.3 Å². The number of nitrogens with two attached hydrogens (primary N) is 1. The van der Waals surface area contributed by atoms with Gasteiger partial charge in [0.25, 0.3) is 0 Å². The molecule has 2 atom stereocenters. The fourth-order valence-corrected chi connectivity index (χ4v) is 2.55. The molecule has 1 aromatic carbocycles. The van der Waals surface area contributed by atoms with E-state index in [0.29, 0.717) is 23.8 Å². The molecule has 1 aromatic rings. The number of para-hydroxylation sites is 2. The van der Waals surface area contributed by atoms with Gasteiger partial charge in [0.05, 0.1) is 24.1 Å². The summed E-state index contributed by atoms with van der Waals surface area (Å²) < 4.78 is 5.61. The van der Waals surface area contributed by atoms with E-state index in [1.807, 2.05) is 18.2 Å². The zero-order valence-corrected chi connectivity index (χ0v) is 12.8. The number of nitrogens with one attached hydrogen (secondary N) is 1. The average Bonchev–Trinajstić information content (AvgIpc) is 2.45. The minimum Gasteiger partial charge on any atom is -0.397 e. The zero-order valence-electron chi connectivity index (χ0n) is 12.8. The molecule has 21 heavy (non-hydrogen) atoms. The molecule has 0 saturated carbocycles. The van der Waals surface area contributed by atoms with Crippen LogP contribution in [-0.2, 0) is 9.53 Å². The molecule has 0 radical (unpaired) electrons. The molecule has 1 saturated heterocycles. The fraction of sp³-hybridized carbons (Fsp3) is 0.562. The summed E-state index contributed by atoms with van der Waals surface area (Å²) >= 11 is 0. The second kappa shape index (κ2) is 7.43. The monoisotopic (exact) mass is 291 g/mol. The van der Waals surface area contributed by atoms with Crippen molar-refractivity contribution in [2.75, 3.05) is 30.7 Å². The van der Waals surface area contributed by atoms with Crippen molar-refractivity contribution in [3.63, 3.8) is 0 Å². The van der Waals surface area contributed by atoms with Gasteiger partial charge in [-0.3, -0.25) is 9.69 Å². The number of carbonyl (C=O) groups excluding carboxylic acids is 1. The van der Waals surface area contributed by atoms with Gasteiger partial charge >= 0.3 is 0 Å². The molecule has 1 amide bonds. The van der Waals surface area contributed by atoms with Crippen LogP contribution in [0.2, 0.25) is 0 Å². The highest BCUT2D eigenvalue weighted by Gasteiger charge is 2.22. The summed E-state index contributed by atoms with van der Waals surface area (Å²) in [6.07, 6.45) is 1.63. The Bertz CT molecular complexity index is 478. The van der Waals surface area contributed by atoms with Crippen molar-refractivity contribution < 1.29 is 9.53 Å². The number of rotatable bonds is 5. The van der Waals surface area contributed by atoms with Crippen molar-refractivity contribution in [1.82, 2.24) is 4.90 Å². The standard InChI is InChI=1S/C16H25N3O2/c1-12-11-21-13(2)10-19(12)9-5-8-16(20)18-15-7-4-3-6-14(15)17/h3-4,6-7,12-13H,5,8-11,17H2,1-2H3,(H,18,20). The molecule has 0 spiro atoms. The molecule has 1 aliphatic heterocycles. The van der Waals surface area contributed by atoms with Gasteiger partial charge in [0, 0.05) is 19.0 Å². The molecule has 1 aliphatic rings. The Morgan fingerprint density at radius 2 is 2.19 bits per heavy atom. The van der Waals surface area contributed by atoms with Gasteiger partial charge in [0.15, 0.2) is 0 Å². The van der Waals surface area contributed by atoms with Crippen LogP contribution in [0, 0.1) is 0 Å². The summed E-state index contributed by atoms with van der Waals surface area (Å²) in [6, 6.07) is 7.74. The third-order valence-electron chi connectivity index (χ3n) is 3.82. The first-order valence-corrected chi connectivity index (χ1v) is 7.56. The van der Waals surface area contributed by atoms with Crippen molar-refractivity contribution in [2.24, 2.45) is 0 Å². The Kier molecular flexibility index (Phi) is 5.59. The van der Waals surface area contributed by atoms with Crippen LogP contribution in [-0.4, -0.2) is 42.6 Å². The highest BCUT2D eigenvalue weighted by atomic mass is 16.5. The Hall–Kier alpha value is -1.59. The van der Waals surface area contributed by atoms with Crippen LogP contribution in [0.1, 0.15) is 26.7 Å². The second-order valence-corrected chi connectivity index (χ2v) is 5.73. The number of hydrogen-bond acceptors (Lipinski definition) is 4. The molecule has 0 bridgehead atoms. The maximum atomic E-state index is 11.9. The maximum Gasteiger partial charge on any atom is 0.224 e. The zero-order chi connectivity index (χ0) is 15.2. The van der Waals surface area contributed by atoms with E-state index in [2.05, 4.69) is 24.1 Å². The Morgan fingerprint density at radius 1 is 1.43 bits per heavy atom. The smallest absolute Gasteiger partial charge is 0.224 e. The molecule has 5 heteroatoms. The van der Waals surface area contributed by atoms with Crippen molar-refractivity contribution >= 4 is 17.3 Å². The third-order valence-corrected chi connectivity index (χ3v) is 3.82. The lowest BCUT2D eigenvalue weighted by Gasteiger charge is -2.36. The van der Waals surface area contributed by atoms with E-state index >= 15 is 0 Å². The number of morpholine rings is 1. The normalized spacial score (nSPS) is 23.0. The predicted molar refractivity (Wildman–Crippen MR) is 85.2 cm³/mol. The quantitative estimate of drug-likeness (QED) is 0.815. The lowest BCUT2D eigenvalue weighted by atomic mass is 10.1. The maximum absolute atomic E-state index is 11.9. The van der Waals surface area contributed by atoms with E-state index in [9.17, 15) is 4.79 Å². The van der Waals surface area contributed by atoms with Crippen molar-refractivity contribution in [3.05, 3.63) is 24.3 Å². The number of nitrogens with zero attached hydrogens (tertiary/aromatic N) is 1. The molecule has 5 nitrogen and oxygen atoms in total. The van der Waals surface area contributed by atoms with Crippen LogP contribution in [0.3, 0.4) is 0 Å². The van der Waals surface area contributed by atoms with Gasteiger partial charge in [-0.15, -0.1) is 0 Å². The van der Waals surface area contributed by atoms with E-state index in [1.54, 1.807) is 6.07 Å². The van der Waals surface area contributed by atoms with Gasteiger partial charge in [-0.05, 0) is 38.9 Å². The third kappa shape index (κ3) is 4.72. The van der Waals surface area contributed by atoms with Crippen LogP contribution in [0.5, 0.6) is 0 Å². The lowest BCUT2D eigenvalue weighted by Crippen LogP contribution is -2.47. The minimum atomic E-state index is 0.0156. The summed E-state index contributed by atoms with van der Waals surface area (Å²) in [4.78, 5) is 14.3. The van der Waals surface area contributed by atoms with Crippen LogP contribution in [0.25, 0.3) is 0 Å². The summed E-state index contributed by atoms with van der Waals surface area (Å²) in [6.45, 7) is 6.88. The number of nitrogen functional groups attached to an aromatic ring is 1. The van der Waals surface area contributed by atoms with Crippen LogP contribution >= 0.6 is 0 Å². The predicted octanol–water partition coefficient (Wildman–Crippen LogP) is 2.10. The topological polar surface area (TPSA) is 67.6 Å². The Morgan fingerprint density at radius 3 is 2.95 bits per heavy atom. The number of hydrogen-bond donors (Lipinski definition) is 2. The van der Waals surface area contributed by atoms with Gasteiger partial charge < -0.3 is 15.8 Å². The highest BCUT2D eigenvalue weighted by Crippen LogP contribution is 2.17. The van der Waals surface area contributed by atoms with Gasteiger partial charge in [-0.25, -0.2) is 0 Å². The molecule has 1 heterocycles. The number of benzene rings is 1. The molecule has 1 fully saturated rings. The summed E-state index contributed by atoms with van der Waals surface area (Å²) in [7, 11) is 0. The van der Waals surface area contributed by atoms with Crippen molar-refractivity contribution in [3.8, 4) is 0 Å². The Balaban J connectivity index is 1.73. The summed E-state index contributed by atoms with van der Waals surface area (Å²) in [5.74, 6) is 0.0156. The molecule has 0 aromatic heterocycles. The summed E-state index contributed by atoms with van der Waals surface area (Å²) in [5.41, 5.74) is 7.10. The van der Waals surface area contributed by atoms with E-state index in [4.69, 9.17) is 10.5 Å². The first-order valence-electron chi connectivity index (χ1n) is 7.56. The fourth-order valence-electron chi connectivity index (χ4n) is 2.55. The van der Waals surface area contributed by atoms with Gasteiger partial charge in [-0.2, -0.15) is 0 Å². The van der Waals surface area contributed by atoms with E-state index in [0.717, 1.165) is 26.1 Å². The van der Waals surface area contributed by atoms with Gasteiger partial charge in [0.1, 0.15) is 0 Å². The average molecular weight is 291 g/mol. The number of carbonyl (C=O) groups is 1. The SMILES string of the molecule is CC1CN(CCCC(=O)Nc2ccccc2N)C(C)CO1. The molecular weight excluding hydrogens is 266 g/mol. The van der Waals surface area contributed by atoms with Crippen molar-refractivity contribution in [1.29, 1.82) is 0 Å². The Labute approximate surface area is 126 Å². The molecule has 2 unspecified atom stereocenters. The largest absolute Gasteiger partial charge is 0.397 e. The van der Waals surface area contributed by atoms with Gasteiger partial charge in [-0.1, -0.05) is 12.1 Å². The molecule has 2 rings (SSSR count). The molecule has 116 valence electrons. The van der Waals surface area contributed by atoms with Crippen LogP contribution < -0.4 is 11.1 Å². The molecular formula is C16H25N3O2. The summed E-state index contributed by atoms with van der Waals surface area (Å²) in [5, 5.41) is 2.86. The molecule has 3 N–H and O–H groups in total. The second-order valence-electron chi connectivity index (χ2n) is 5.73. The van der Waals surface area contributed by atoms with Crippen LogP contribution in [0.4, 0.5) is 11.4 Å². The first-order chi connectivity index (χ1) is 10.1. The lowest BCUT2D eigenvalue weighted by molar-refractivity contribution is -0.116. The highest BCUT2D eigenvalue weighted by molar-refractivity contribution is 5.93.